The van der Waals surface area contributed by atoms with Gasteiger partial charge in [-0.05, 0) is 42.6 Å². The highest BCUT2D eigenvalue weighted by Crippen LogP contribution is 2.39. The average molecular weight is 329 g/mol. The molecule has 2 N–H and O–H groups in total. The van der Waals surface area contributed by atoms with Gasteiger partial charge in [-0.2, -0.15) is 11.8 Å². The lowest BCUT2D eigenvalue weighted by molar-refractivity contribution is -0.146. The zero-order valence-corrected chi connectivity index (χ0v) is 14.2. The summed E-state index contributed by atoms with van der Waals surface area (Å²) in [6.45, 7) is 0.455. The molecule has 1 amide bonds. The van der Waals surface area contributed by atoms with E-state index in [1.807, 2.05) is 0 Å². The van der Waals surface area contributed by atoms with Crippen molar-refractivity contribution >= 4 is 23.6 Å². The summed E-state index contributed by atoms with van der Waals surface area (Å²) in [4.78, 5) is 24.1. The predicted octanol–water partition coefficient (Wildman–Crippen LogP) is 1.87. The molecular weight excluding hydrogens is 302 g/mol. The first-order valence-corrected chi connectivity index (χ1v) is 9.30. The lowest BCUT2D eigenvalue weighted by Gasteiger charge is -2.38. The molecule has 5 nitrogen and oxygen atoms in total. The number of carbonyl (C=O) groups excluding carboxylic acids is 2. The molecule has 2 rings (SSSR count). The first-order chi connectivity index (χ1) is 10.5. The molecule has 6 heteroatoms. The molecule has 1 heterocycles. The second-order valence-corrected chi connectivity index (χ2v) is 7.86. The third-order valence-corrected chi connectivity index (χ3v) is 6.01. The number of amides is 1. The molecule has 0 atom stereocenters. The number of aliphatic hydroxyl groups is 1. The van der Waals surface area contributed by atoms with E-state index >= 15 is 0 Å². The monoisotopic (exact) mass is 329 g/mol. The average Bonchev–Trinajstić information content (AvgIpc) is 2.54. The number of hydrogen-bond acceptors (Lipinski definition) is 5. The van der Waals surface area contributed by atoms with Gasteiger partial charge in [0.25, 0.3) is 5.91 Å². The Bertz CT molecular complexity index is 401. The fourth-order valence-electron chi connectivity index (χ4n) is 3.46. The van der Waals surface area contributed by atoms with Crippen LogP contribution in [0.2, 0.25) is 0 Å². The maximum Gasteiger partial charge on any atom is 0.306 e. The Morgan fingerprint density at radius 3 is 2.36 bits per heavy atom. The summed E-state index contributed by atoms with van der Waals surface area (Å²) in [6.07, 6.45) is 6.55. The highest BCUT2D eigenvalue weighted by atomic mass is 32.2. The van der Waals surface area contributed by atoms with E-state index < -0.39 is 5.60 Å². The Kier molecular flexibility index (Phi) is 6.15. The number of ether oxygens (including phenoxy) is 1. The molecule has 1 aliphatic carbocycles. The summed E-state index contributed by atoms with van der Waals surface area (Å²) < 4.78 is 4.82. The van der Waals surface area contributed by atoms with Crippen LogP contribution in [0.5, 0.6) is 0 Å². The Labute approximate surface area is 136 Å². The summed E-state index contributed by atoms with van der Waals surface area (Å²) >= 11 is 1.77. The van der Waals surface area contributed by atoms with Crippen molar-refractivity contribution in [3.63, 3.8) is 0 Å². The minimum Gasteiger partial charge on any atom is -0.469 e. The number of methoxy groups -OCH3 is 1. The zero-order chi connectivity index (χ0) is 16.1. The van der Waals surface area contributed by atoms with Gasteiger partial charge in [0.2, 0.25) is 0 Å². The van der Waals surface area contributed by atoms with Gasteiger partial charge >= 0.3 is 5.97 Å². The molecular formula is C16H27NO4S. The summed E-state index contributed by atoms with van der Waals surface area (Å²) in [7, 11) is 1.40. The third-order valence-electron chi connectivity index (χ3n) is 5.03. The quantitative estimate of drug-likeness (QED) is 0.753. The van der Waals surface area contributed by atoms with Gasteiger partial charge in [0.1, 0.15) is 5.60 Å². The molecule has 0 aromatic rings. The van der Waals surface area contributed by atoms with Crippen LogP contribution in [0.25, 0.3) is 0 Å². The van der Waals surface area contributed by atoms with Crippen LogP contribution in [0.4, 0.5) is 0 Å². The van der Waals surface area contributed by atoms with Gasteiger partial charge in [0, 0.05) is 6.54 Å². The van der Waals surface area contributed by atoms with E-state index in [0.717, 1.165) is 37.2 Å². The molecule has 2 aliphatic rings. The van der Waals surface area contributed by atoms with Crippen molar-refractivity contribution in [2.75, 3.05) is 25.2 Å². The van der Waals surface area contributed by atoms with Crippen LogP contribution in [0.15, 0.2) is 0 Å². The fourth-order valence-corrected chi connectivity index (χ4v) is 4.63. The molecule has 0 spiro atoms. The van der Waals surface area contributed by atoms with Crippen LogP contribution in [0.3, 0.4) is 0 Å². The predicted molar refractivity (Wildman–Crippen MR) is 86.7 cm³/mol. The number of hydrogen-bond donors (Lipinski definition) is 2. The van der Waals surface area contributed by atoms with Crippen molar-refractivity contribution in [3.8, 4) is 0 Å². The lowest BCUT2D eigenvalue weighted by atomic mass is 9.71. The van der Waals surface area contributed by atoms with Gasteiger partial charge in [-0.1, -0.05) is 19.3 Å². The fraction of sp³-hybridized carbons (Fsp3) is 0.875. The molecule has 1 saturated heterocycles. The SMILES string of the molecule is COC(=O)CC1(CNC(=O)C2(O)CCSCC2)CCCCC1. The Hall–Kier alpha value is -0.750. The minimum absolute atomic E-state index is 0.208. The first kappa shape index (κ1) is 17.6. The van der Waals surface area contributed by atoms with E-state index in [2.05, 4.69) is 5.32 Å². The second-order valence-electron chi connectivity index (χ2n) is 6.64. The van der Waals surface area contributed by atoms with E-state index in [0.29, 0.717) is 25.8 Å². The van der Waals surface area contributed by atoms with Gasteiger partial charge < -0.3 is 15.2 Å². The number of carbonyl (C=O) groups is 2. The lowest BCUT2D eigenvalue weighted by Crippen LogP contribution is -2.52. The van der Waals surface area contributed by atoms with E-state index in [4.69, 9.17) is 4.74 Å². The Balaban J connectivity index is 1.95. The molecule has 0 aromatic carbocycles. The van der Waals surface area contributed by atoms with Gasteiger partial charge in [0.15, 0.2) is 0 Å². The van der Waals surface area contributed by atoms with Crippen LogP contribution in [-0.2, 0) is 14.3 Å². The van der Waals surface area contributed by atoms with Crippen molar-refractivity contribution in [2.24, 2.45) is 5.41 Å². The van der Waals surface area contributed by atoms with Crippen molar-refractivity contribution in [1.82, 2.24) is 5.32 Å². The van der Waals surface area contributed by atoms with Gasteiger partial charge in [-0.25, -0.2) is 0 Å². The van der Waals surface area contributed by atoms with E-state index in [-0.39, 0.29) is 17.3 Å². The normalized spacial score (nSPS) is 23.5. The summed E-state index contributed by atoms with van der Waals surface area (Å²) in [5.74, 6) is 1.14. The van der Waals surface area contributed by atoms with E-state index in [9.17, 15) is 14.7 Å². The zero-order valence-electron chi connectivity index (χ0n) is 13.4. The van der Waals surface area contributed by atoms with Crippen LogP contribution < -0.4 is 5.32 Å². The van der Waals surface area contributed by atoms with Crippen LogP contribution in [0, 0.1) is 5.41 Å². The van der Waals surface area contributed by atoms with Gasteiger partial charge in [-0.15, -0.1) is 0 Å². The van der Waals surface area contributed by atoms with Crippen molar-refractivity contribution in [2.45, 2.75) is 57.0 Å². The topological polar surface area (TPSA) is 75.6 Å². The molecule has 0 radical (unpaired) electrons. The van der Waals surface area contributed by atoms with E-state index in [1.165, 1.54) is 13.5 Å². The van der Waals surface area contributed by atoms with Crippen molar-refractivity contribution in [3.05, 3.63) is 0 Å². The van der Waals surface area contributed by atoms with Crippen LogP contribution >= 0.6 is 11.8 Å². The summed E-state index contributed by atoms with van der Waals surface area (Å²) in [5.41, 5.74) is -1.44. The third kappa shape index (κ3) is 4.38. The van der Waals surface area contributed by atoms with Crippen LogP contribution in [-0.4, -0.2) is 47.7 Å². The van der Waals surface area contributed by atoms with E-state index in [1.54, 1.807) is 11.8 Å². The van der Waals surface area contributed by atoms with Gasteiger partial charge in [-0.3, -0.25) is 9.59 Å². The maximum absolute atomic E-state index is 12.4. The molecule has 22 heavy (non-hydrogen) atoms. The summed E-state index contributed by atoms with van der Waals surface area (Å²) in [5, 5.41) is 13.4. The summed E-state index contributed by atoms with van der Waals surface area (Å²) in [6, 6.07) is 0. The largest absolute Gasteiger partial charge is 0.469 e. The molecule has 2 fully saturated rings. The number of nitrogens with one attached hydrogen (secondary N) is 1. The Morgan fingerprint density at radius 2 is 1.77 bits per heavy atom. The number of thioether (sulfide) groups is 1. The van der Waals surface area contributed by atoms with Gasteiger partial charge in [0.05, 0.1) is 13.5 Å². The maximum atomic E-state index is 12.4. The number of rotatable bonds is 5. The second kappa shape index (κ2) is 7.68. The molecule has 0 unspecified atom stereocenters. The smallest absolute Gasteiger partial charge is 0.306 e. The highest BCUT2D eigenvalue weighted by Gasteiger charge is 2.40. The van der Waals surface area contributed by atoms with Crippen LogP contribution in [0.1, 0.15) is 51.4 Å². The van der Waals surface area contributed by atoms with Crippen molar-refractivity contribution < 1.29 is 19.4 Å². The molecule has 1 saturated carbocycles. The molecule has 0 aromatic heterocycles. The molecule has 1 aliphatic heterocycles. The minimum atomic E-state index is -1.23. The standard InChI is InChI=1S/C16H27NO4S/c1-21-13(18)11-15(5-3-2-4-6-15)12-17-14(19)16(20)7-9-22-10-8-16/h20H,2-12H2,1H3,(H,17,19). The molecule has 0 bridgehead atoms. The highest BCUT2D eigenvalue weighted by molar-refractivity contribution is 7.99. The number of esters is 1. The molecule has 126 valence electrons. The van der Waals surface area contributed by atoms with Crippen molar-refractivity contribution in [1.29, 1.82) is 0 Å². The Morgan fingerprint density at radius 1 is 1.14 bits per heavy atom. The first-order valence-electron chi connectivity index (χ1n) is 8.15.